The molecule has 6 nitrogen and oxygen atoms in total. The Morgan fingerprint density at radius 1 is 1.25 bits per heavy atom. The molecule has 0 spiro atoms. The Hall–Kier alpha value is -2.54. The van der Waals surface area contributed by atoms with Crippen molar-refractivity contribution in [3.8, 4) is 5.75 Å². The molecule has 0 bridgehead atoms. The summed E-state index contributed by atoms with van der Waals surface area (Å²) in [4.78, 5) is 31.1. The molecule has 0 saturated heterocycles. The van der Waals surface area contributed by atoms with Gasteiger partial charge in [0.1, 0.15) is 18.9 Å². The number of fused-ring (bicyclic) bond motifs is 1. The molecule has 2 aromatic rings. The average molecular weight is 456 g/mol. The van der Waals surface area contributed by atoms with Crippen molar-refractivity contribution in [1.29, 1.82) is 0 Å². The van der Waals surface area contributed by atoms with Crippen molar-refractivity contribution in [2.24, 2.45) is 5.92 Å². The van der Waals surface area contributed by atoms with E-state index < -0.39 is 0 Å². The number of urea groups is 1. The first-order chi connectivity index (χ1) is 15.4. The van der Waals surface area contributed by atoms with Crippen molar-refractivity contribution in [2.75, 3.05) is 26.2 Å². The summed E-state index contributed by atoms with van der Waals surface area (Å²) in [6.45, 7) is 7.71. The van der Waals surface area contributed by atoms with Gasteiger partial charge in [-0.05, 0) is 74.6 Å². The number of carbonyl (C=O) groups excluding carboxylic acids is 2. The molecule has 1 atom stereocenters. The molecular formula is C25H33N3O3S. The highest BCUT2D eigenvalue weighted by Gasteiger charge is 2.35. The van der Waals surface area contributed by atoms with Gasteiger partial charge in [-0.25, -0.2) is 4.79 Å². The number of nitrogens with one attached hydrogen (secondary N) is 1. The Labute approximate surface area is 194 Å². The fourth-order valence-electron chi connectivity index (χ4n) is 4.19. The van der Waals surface area contributed by atoms with E-state index in [1.54, 1.807) is 16.2 Å². The van der Waals surface area contributed by atoms with Crippen molar-refractivity contribution in [3.05, 3.63) is 51.7 Å². The third-order valence-corrected chi connectivity index (χ3v) is 7.10. The standard InChI is InChI=1S/C25H33N3O3S/c1-17(2)26-25(30)27(14-19-8-9-19)15-24(29)28-12-10-23-20(11-13-32-23)21(28)16-31-22-7-5-4-6-18(22)3/h4-7,11,13,17,19,21H,8-10,12,14-16H2,1-3H3,(H,26,30)/t21-/m1/s1. The maximum atomic E-state index is 13.5. The van der Waals surface area contributed by atoms with Crippen LogP contribution in [0.4, 0.5) is 4.79 Å². The van der Waals surface area contributed by atoms with E-state index in [1.807, 2.05) is 49.9 Å². The monoisotopic (exact) mass is 455 g/mol. The first kappa shape index (κ1) is 22.6. The zero-order chi connectivity index (χ0) is 22.7. The van der Waals surface area contributed by atoms with Gasteiger partial charge in [-0.3, -0.25) is 4.79 Å². The number of amides is 3. The van der Waals surface area contributed by atoms with Gasteiger partial charge in [-0.2, -0.15) is 0 Å². The Bertz CT molecular complexity index is 953. The lowest BCUT2D eigenvalue weighted by atomic mass is 10.0. The molecule has 0 radical (unpaired) electrons. The van der Waals surface area contributed by atoms with Crippen LogP contribution in [0, 0.1) is 12.8 Å². The summed E-state index contributed by atoms with van der Waals surface area (Å²) in [6.07, 6.45) is 3.11. The lowest BCUT2D eigenvalue weighted by Gasteiger charge is -2.37. The largest absolute Gasteiger partial charge is 0.491 e. The highest BCUT2D eigenvalue weighted by molar-refractivity contribution is 7.10. The predicted molar refractivity (Wildman–Crippen MR) is 127 cm³/mol. The number of benzene rings is 1. The van der Waals surface area contributed by atoms with Crippen LogP contribution < -0.4 is 10.1 Å². The first-order valence-corrected chi connectivity index (χ1v) is 12.4. The summed E-state index contributed by atoms with van der Waals surface area (Å²) in [7, 11) is 0. The van der Waals surface area contributed by atoms with Gasteiger partial charge in [0.2, 0.25) is 5.91 Å². The van der Waals surface area contributed by atoms with Crippen LogP contribution in [-0.4, -0.2) is 54.0 Å². The molecule has 1 fully saturated rings. The fraction of sp³-hybridized carbons (Fsp3) is 0.520. The Morgan fingerprint density at radius 2 is 2.03 bits per heavy atom. The molecule has 0 unspecified atom stereocenters. The minimum Gasteiger partial charge on any atom is -0.491 e. The first-order valence-electron chi connectivity index (χ1n) is 11.5. The van der Waals surface area contributed by atoms with Gasteiger partial charge >= 0.3 is 6.03 Å². The minimum absolute atomic E-state index is 0.0141. The molecule has 2 aliphatic rings. The van der Waals surface area contributed by atoms with Crippen LogP contribution in [0.15, 0.2) is 35.7 Å². The van der Waals surface area contributed by atoms with Gasteiger partial charge < -0.3 is 19.9 Å². The maximum absolute atomic E-state index is 13.5. The second kappa shape index (κ2) is 9.94. The summed E-state index contributed by atoms with van der Waals surface area (Å²) in [6, 6.07) is 9.80. The number of thiophene rings is 1. The number of hydrogen-bond donors (Lipinski definition) is 1. The molecule has 32 heavy (non-hydrogen) atoms. The lowest BCUT2D eigenvalue weighted by molar-refractivity contribution is -0.135. The highest BCUT2D eigenvalue weighted by atomic mass is 32.1. The second-order valence-electron chi connectivity index (χ2n) is 9.16. The van der Waals surface area contributed by atoms with Crippen LogP contribution in [0.3, 0.4) is 0 Å². The molecule has 1 aliphatic heterocycles. The average Bonchev–Trinajstić information content (AvgIpc) is 3.44. The summed E-state index contributed by atoms with van der Waals surface area (Å²) >= 11 is 1.74. The van der Waals surface area contributed by atoms with Gasteiger partial charge in [0.15, 0.2) is 0 Å². The van der Waals surface area contributed by atoms with Crippen molar-refractivity contribution >= 4 is 23.3 Å². The number of carbonyl (C=O) groups is 2. The number of hydrogen-bond acceptors (Lipinski definition) is 4. The molecule has 1 aromatic carbocycles. The van der Waals surface area contributed by atoms with E-state index in [2.05, 4.69) is 16.8 Å². The lowest BCUT2D eigenvalue weighted by Crippen LogP contribution is -2.51. The molecule has 1 aliphatic carbocycles. The molecular weight excluding hydrogens is 422 g/mol. The van der Waals surface area contributed by atoms with E-state index in [0.29, 0.717) is 25.6 Å². The Kier molecular flexibility index (Phi) is 7.04. The van der Waals surface area contributed by atoms with Crippen LogP contribution in [0.2, 0.25) is 0 Å². The highest BCUT2D eigenvalue weighted by Crippen LogP contribution is 2.35. The predicted octanol–water partition coefficient (Wildman–Crippen LogP) is 4.39. The molecule has 2 heterocycles. The summed E-state index contributed by atoms with van der Waals surface area (Å²) in [5, 5.41) is 5.05. The van der Waals surface area contributed by atoms with Crippen molar-refractivity contribution in [3.63, 3.8) is 0 Å². The second-order valence-corrected chi connectivity index (χ2v) is 10.2. The fourth-order valence-corrected chi connectivity index (χ4v) is 5.11. The normalized spacial score (nSPS) is 17.8. The van der Waals surface area contributed by atoms with E-state index in [4.69, 9.17) is 4.74 Å². The molecule has 7 heteroatoms. The quantitative estimate of drug-likeness (QED) is 0.642. The van der Waals surface area contributed by atoms with Gasteiger partial charge in [0.05, 0.1) is 6.04 Å². The van der Waals surface area contributed by atoms with E-state index in [-0.39, 0.29) is 30.6 Å². The van der Waals surface area contributed by atoms with E-state index in [0.717, 1.165) is 30.6 Å². The number of nitrogens with zero attached hydrogens (tertiary/aromatic N) is 2. The van der Waals surface area contributed by atoms with Crippen molar-refractivity contribution < 1.29 is 14.3 Å². The Balaban J connectivity index is 1.49. The third-order valence-electron chi connectivity index (χ3n) is 6.11. The third kappa shape index (κ3) is 5.44. The van der Waals surface area contributed by atoms with Crippen LogP contribution >= 0.6 is 11.3 Å². The summed E-state index contributed by atoms with van der Waals surface area (Å²) < 4.78 is 6.18. The van der Waals surface area contributed by atoms with Crippen molar-refractivity contribution in [2.45, 2.75) is 52.1 Å². The van der Waals surface area contributed by atoms with E-state index >= 15 is 0 Å². The van der Waals surface area contributed by atoms with Gasteiger partial charge in [0, 0.05) is 24.0 Å². The van der Waals surface area contributed by atoms with Crippen LogP contribution in [0.25, 0.3) is 0 Å². The van der Waals surface area contributed by atoms with Gasteiger partial charge in [-0.1, -0.05) is 18.2 Å². The number of para-hydroxylation sites is 1. The molecule has 4 rings (SSSR count). The zero-order valence-electron chi connectivity index (χ0n) is 19.2. The number of ether oxygens (including phenoxy) is 1. The number of rotatable bonds is 8. The maximum Gasteiger partial charge on any atom is 0.318 e. The molecule has 3 amide bonds. The van der Waals surface area contributed by atoms with E-state index in [9.17, 15) is 9.59 Å². The molecule has 1 aromatic heterocycles. The SMILES string of the molecule is Cc1ccccc1OC[C@@H]1c2ccsc2CCN1C(=O)CN(CC1CC1)C(=O)NC(C)C. The molecule has 1 N–H and O–H groups in total. The molecule has 1 saturated carbocycles. The van der Waals surface area contributed by atoms with Gasteiger partial charge in [-0.15, -0.1) is 11.3 Å². The van der Waals surface area contributed by atoms with Gasteiger partial charge in [0.25, 0.3) is 0 Å². The van der Waals surface area contributed by atoms with Crippen LogP contribution in [-0.2, 0) is 11.2 Å². The molecule has 172 valence electrons. The van der Waals surface area contributed by atoms with Crippen LogP contribution in [0.5, 0.6) is 5.75 Å². The number of aryl methyl sites for hydroxylation is 1. The minimum atomic E-state index is -0.152. The summed E-state index contributed by atoms with van der Waals surface area (Å²) in [5.74, 6) is 1.35. The van der Waals surface area contributed by atoms with Crippen molar-refractivity contribution in [1.82, 2.24) is 15.1 Å². The Morgan fingerprint density at radius 3 is 2.75 bits per heavy atom. The van der Waals surface area contributed by atoms with Crippen LogP contribution in [0.1, 0.15) is 48.7 Å². The van der Waals surface area contributed by atoms with E-state index in [1.165, 1.54) is 10.4 Å². The summed E-state index contributed by atoms with van der Waals surface area (Å²) in [5.41, 5.74) is 2.25. The smallest absolute Gasteiger partial charge is 0.318 e. The zero-order valence-corrected chi connectivity index (χ0v) is 20.0. The topological polar surface area (TPSA) is 61.9 Å².